The van der Waals surface area contributed by atoms with Gasteiger partial charge in [0.1, 0.15) is 5.84 Å². The Balaban J connectivity index is 2.66. The van der Waals surface area contributed by atoms with Gasteiger partial charge in [-0.05, 0) is 19.9 Å². The van der Waals surface area contributed by atoms with E-state index in [-0.39, 0.29) is 6.04 Å². The summed E-state index contributed by atoms with van der Waals surface area (Å²) in [5.74, 6) is 6.12. The van der Waals surface area contributed by atoms with Crippen molar-refractivity contribution < 1.29 is 0 Å². The van der Waals surface area contributed by atoms with Gasteiger partial charge in [0, 0.05) is 19.3 Å². The number of nitrogens with zero attached hydrogens (tertiary/aromatic N) is 3. The van der Waals surface area contributed by atoms with E-state index in [1.54, 1.807) is 4.68 Å². The van der Waals surface area contributed by atoms with E-state index in [9.17, 15) is 0 Å². The molecule has 0 amide bonds. The Hall–Kier alpha value is -1.36. The summed E-state index contributed by atoms with van der Waals surface area (Å²) in [6.07, 6.45) is 2.55. The maximum absolute atomic E-state index is 5.36. The van der Waals surface area contributed by atoms with Crippen molar-refractivity contribution in [3.05, 3.63) is 18.0 Å². The van der Waals surface area contributed by atoms with Crippen LogP contribution < -0.4 is 11.3 Å². The zero-order chi connectivity index (χ0) is 10.6. The Bertz CT molecular complexity index is 313. The van der Waals surface area contributed by atoms with Crippen LogP contribution in [0.5, 0.6) is 0 Å². The largest absolute Gasteiger partial charge is 0.312 e. The third-order valence-electron chi connectivity index (χ3n) is 1.70. The van der Waals surface area contributed by atoms with Gasteiger partial charge in [-0.25, -0.2) is 5.84 Å². The van der Waals surface area contributed by atoms with Gasteiger partial charge in [0.25, 0.3) is 0 Å². The minimum absolute atomic E-state index is 0.241. The summed E-state index contributed by atoms with van der Waals surface area (Å²) in [6, 6.07) is 2.19. The first-order chi connectivity index (χ1) is 6.61. The number of hydrogen-bond acceptors (Lipinski definition) is 3. The van der Waals surface area contributed by atoms with E-state index in [0.717, 1.165) is 11.5 Å². The molecular weight excluding hydrogens is 178 g/mol. The molecule has 0 atom stereocenters. The lowest BCUT2D eigenvalue weighted by molar-refractivity contribution is 0.748. The number of aryl methyl sites for hydroxylation is 1. The van der Waals surface area contributed by atoms with Gasteiger partial charge < -0.3 is 5.43 Å². The van der Waals surface area contributed by atoms with E-state index in [0.29, 0.717) is 6.42 Å². The summed E-state index contributed by atoms with van der Waals surface area (Å²) in [5.41, 5.74) is 3.55. The molecule has 0 saturated heterocycles. The van der Waals surface area contributed by atoms with Gasteiger partial charge >= 0.3 is 0 Å². The van der Waals surface area contributed by atoms with Crippen LogP contribution >= 0.6 is 0 Å². The molecular formula is C9H17N5. The van der Waals surface area contributed by atoms with Crippen LogP contribution in [0.25, 0.3) is 0 Å². The molecule has 0 radical (unpaired) electrons. The van der Waals surface area contributed by atoms with Gasteiger partial charge in [0.2, 0.25) is 0 Å². The lowest BCUT2D eigenvalue weighted by atomic mass is 10.3. The van der Waals surface area contributed by atoms with Crippen LogP contribution in [-0.2, 0) is 13.5 Å². The molecule has 14 heavy (non-hydrogen) atoms. The first-order valence-corrected chi connectivity index (χ1v) is 4.63. The van der Waals surface area contributed by atoms with E-state index in [1.165, 1.54) is 0 Å². The predicted octanol–water partition coefficient (Wildman–Crippen LogP) is 0.233. The second-order valence-corrected chi connectivity index (χ2v) is 3.47. The quantitative estimate of drug-likeness (QED) is 0.314. The highest BCUT2D eigenvalue weighted by Gasteiger charge is 2.03. The van der Waals surface area contributed by atoms with Gasteiger partial charge in [0.15, 0.2) is 0 Å². The Kier molecular flexibility index (Phi) is 3.64. The van der Waals surface area contributed by atoms with Crippen LogP contribution in [0.4, 0.5) is 0 Å². The van der Waals surface area contributed by atoms with Gasteiger partial charge in [-0.2, -0.15) is 5.10 Å². The molecule has 0 bridgehead atoms. The van der Waals surface area contributed by atoms with Gasteiger partial charge in [0.05, 0.1) is 12.1 Å². The number of amidine groups is 1. The zero-order valence-electron chi connectivity index (χ0n) is 8.86. The molecule has 3 N–H and O–H groups in total. The highest BCUT2D eigenvalue weighted by atomic mass is 15.3. The van der Waals surface area contributed by atoms with Crippen LogP contribution in [0.3, 0.4) is 0 Å². The average molecular weight is 195 g/mol. The Morgan fingerprint density at radius 3 is 2.86 bits per heavy atom. The van der Waals surface area contributed by atoms with E-state index >= 15 is 0 Å². The first-order valence-electron chi connectivity index (χ1n) is 4.63. The Labute approximate surface area is 84.0 Å². The van der Waals surface area contributed by atoms with Crippen LogP contribution in [-0.4, -0.2) is 21.7 Å². The molecule has 1 heterocycles. The van der Waals surface area contributed by atoms with E-state index < -0.39 is 0 Å². The monoisotopic (exact) mass is 195 g/mol. The molecule has 0 fully saturated rings. The highest BCUT2D eigenvalue weighted by Crippen LogP contribution is 1.97. The molecule has 1 aromatic rings. The van der Waals surface area contributed by atoms with Crippen molar-refractivity contribution in [1.82, 2.24) is 15.2 Å². The first kappa shape index (κ1) is 10.7. The molecule has 0 aliphatic rings. The van der Waals surface area contributed by atoms with Crippen molar-refractivity contribution in [1.29, 1.82) is 0 Å². The smallest absolute Gasteiger partial charge is 0.117 e. The van der Waals surface area contributed by atoms with Crippen LogP contribution in [0.15, 0.2) is 17.3 Å². The number of rotatable bonds is 3. The summed E-state index contributed by atoms with van der Waals surface area (Å²) < 4.78 is 1.76. The lowest BCUT2D eigenvalue weighted by Crippen LogP contribution is -2.32. The van der Waals surface area contributed by atoms with Crippen LogP contribution in [0.2, 0.25) is 0 Å². The zero-order valence-corrected chi connectivity index (χ0v) is 8.86. The van der Waals surface area contributed by atoms with Crippen LogP contribution in [0, 0.1) is 0 Å². The van der Waals surface area contributed by atoms with Gasteiger partial charge in [-0.3, -0.25) is 9.67 Å². The summed E-state index contributed by atoms with van der Waals surface area (Å²) in [7, 11) is 1.89. The number of hydrogen-bond donors (Lipinski definition) is 2. The third-order valence-corrected chi connectivity index (χ3v) is 1.70. The number of aromatic nitrogens is 2. The number of hydrazine groups is 1. The van der Waals surface area contributed by atoms with Crippen molar-refractivity contribution >= 4 is 5.84 Å². The summed E-state index contributed by atoms with van der Waals surface area (Å²) in [4.78, 5) is 4.33. The van der Waals surface area contributed by atoms with Gasteiger partial charge in [-0.1, -0.05) is 0 Å². The van der Waals surface area contributed by atoms with Gasteiger partial charge in [-0.15, -0.1) is 0 Å². The molecule has 5 heteroatoms. The van der Waals surface area contributed by atoms with Crippen molar-refractivity contribution in [3.63, 3.8) is 0 Å². The summed E-state index contributed by atoms with van der Waals surface area (Å²) in [5, 5.41) is 4.25. The lowest BCUT2D eigenvalue weighted by Gasteiger charge is -2.05. The molecule has 1 aromatic heterocycles. The third kappa shape index (κ3) is 3.18. The molecule has 0 aromatic carbocycles. The number of nitrogens with one attached hydrogen (secondary N) is 1. The summed E-state index contributed by atoms with van der Waals surface area (Å²) >= 11 is 0. The molecule has 0 saturated carbocycles. The van der Waals surface area contributed by atoms with E-state index in [2.05, 4.69) is 15.5 Å². The standard InChI is InChI=1S/C9H17N5/c1-7(2)11-9(12-10)6-8-4-5-14(3)13-8/h4-5,7H,6,10H2,1-3H3,(H,11,12). The molecule has 1 rings (SSSR count). The molecule has 0 aliphatic heterocycles. The van der Waals surface area contributed by atoms with Crippen molar-refractivity contribution in [2.75, 3.05) is 0 Å². The maximum atomic E-state index is 5.36. The maximum Gasteiger partial charge on any atom is 0.117 e. The minimum Gasteiger partial charge on any atom is -0.312 e. The molecule has 0 aliphatic carbocycles. The normalized spacial score (nSPS) is 12.2. The summed E-state index contributed by atoms with van der Waals surface area (Å²) in [6.45, 7) is 4.02. The fourth-order valence-electron chi connectivity index (χ4n) is 1.17. The van der Waals surface area contributed by atoms with Crippen molar-refractivity contribution in [2.24, 2.45) is 17.9 Å². The van der Waals surface area contributed by atoms with Crippen molar-refractivity contribution in [2.45, 2.75) is 26.3 Å². The molecule has 5 nitrogen and oxygen atoms in total. The second-order valence-electron chi connectivity index (χ2n) is 3.47. The number of nitrogens with two attached hydrogens (primary N) is 1. The average Bonchev–Trinajstić information content (AvgIpc) is 2.49. The van der Waals surface area contributed by atoms with Crippen molar-refractivity contribution in [3.8, 4) is 0 Å². The Morgan fingerprint density at radius 1 is 1.71 bits per heavy atom. The fraction of sp³-hybridized carbons (Fsp3) is 0.556. The fourth-order valence-corrected chi connectivity index (χ4v) is 1.17. The minimum atomic E-state index is 0.241. The SMILES string of the molecule is CC(C)N=C(Cc1ccn(C)n1)NN. The van der Waals surface area contributed by atoms with E-state index in [1.807, 2.05) is 33.2 Å². The molecule has 0 spiro atoms. The highest BCUT2D eigenvalue weighted by molar-refractivity contribution is 5.83. The number of aliphatic imine (C=N–C) groups is 1. The topological polar surface area (TPSA) is 68.2 Å². The van der Waals surface area contributed by atoms with E-state index in [4.69, 9.17) is 5.84 Å². The molecule has 0 unspecified atom stereocenters. The predicted molar refractivity (Wildman–Crippen MR) is 56.8 cm³/mol. The Morgan fingerprint density at radius 2 is 2.43 bits per heavy atom. The molecule has 78 valence electrons. The second kappa shape index (κ2) is 4.76. The van der Waals surface area contributed by atoms with Crippen LogP contribution in [0.1, 0.15) is 19.5 Å².